The molecule has 0 N–H and O–H groups in total. The topological polar surface area (TPSA) is 54.0 Å². The second kappa shape index (κ2) is 5.90. The maximum Gasteiger partial charge on any atom is 0.465 e. The second-order valence-corrected chi connectivity index (χ2v) is 7.04. The van der Waals surface area contributed by atoms with E-state index in [0.717, 1.165) is 12.8 Å². The van der Waals surface area contributed by atoms with E-state index in [2.05, 4.69) is 0 Å². The van der Waals surface area contributed by atoms with Gasteiger partial charge in [0.15, 0.2) is 0 Å². The van der Waals surface area contributed by atoms with Crippen molar-refractivity contribution in [3.8, 4) is 0 Å². The molecule has 0 unspecified atom stereocenters. The molecule has 6 heteroatoms. The van der Waals surface area contributed by atoms with Crippen LogP contribution in [0, 0.1) is 0 Å². The lowest BCUT2D eigenvalue weighted by Gasteiger charge is -2.37. The molecular weight excluding hydrogens is 271 g/mol. The molecule has 0 radical (unpaired) electrons. The Morgan fingerprint density at radius 3 is 2.10 bits per heavy atom. The van der Waals surface area contributed by atoms with Crippen LogP contribution in [0.4, 0.5) is 0 Å². The molecule has 0 aromatic heterocycles. The van der Waals surface area contributed by atoms with Crippen LogP contribution in [0.3, 0.4) is 0 Å². The number of carbonyl (C=O) groups is 1. The van der Waals surface area contributed by atoms with Crippen LogP contribution in [0.2, 0.25) is 5.31 Å². The van der Waals surface area contributed by atoms with E-state index >= 15 is 0 Å². The molecule has 2 rings (SSSR count). The fourth-order valence-corrected chi connectivity index (χ4v) is 2.87. The zero-order valence-electron chi connectivity index (χ0n) is 13.9. The lowest BCUT2D eigenvalue weighted by atomic mass is 9.52. The lowest BCUT2D eigenvalue weighted by molar-refractivity contribution is -0.145. The zero-order valence-corrected chi connectivity index (χ0v) is 13.9. The summed E-state index contributed by atoms with van der Waals surface area (Å²) in [6, 6.07) is 0. The summed E-state index contributed by atoms with van der Waals surface area (Å²) in [5.74, 6) is -0.186. The van der Waals surface area contributed by atoms with Crippen LogP contribution in [-0.2, 0) is 23.6 Å². The van der Waals surface area contributed by atoms with Gasteiger partial charge in [0.25, 0.3) is 0 Å². The van der Waals surface area contributed by atoms with Gasteiger partial charge in [-0.15, -0.1) is 0 Å². The van der Waals surface area contributed by atoms with Crippen molar-refractivity contribution in [3.05, 3.63) is 0 Å². The van der Waals surface area contributed by atoms with Gasteiger partial charge in [0, 0.05) is 24.9 Å². The van der Waals surface area contributed by atoms with Crippen LogP contribution in [-0.4, -0.2) is 44.1 Å². The van der Waals surface area contributed by atoms with Crippen LogP contribution >= 0.6 is 0 Å². The molecule has 5 nitrogen and oxygen atoms in total. The van der Waals surface area contributed by atoms with Gasteiger partial charge in [-0.2, -0.15) is 0 Å². The maximum atomic E-state index is 12.0. The predicted octanol–water partition coefficient (Wildman–Crippen LogP) is 2.58. The predicted molar refractivity (Wildman–Crippen MR) is 80.1 cm³/mol. The Morgan fingerprint density at radius 1 is 1.10 bits per heavy atom. The van der Waals surface area contributed by atoms with Crippen molar-refractivity contribution in [3.63, 3.8) is 0 Å². The molecule has 0 aromatic carbocycles. The van der Waals surface area contributed by atoms with E-state index < -0.39 is 18.3 Å². The summed E-state index contributed by atoms with van der Waals surface area (Å²) in [4.78, 5) is 12.0. The zero-order chi connectivity index (χ0) is 15.7. The lowest BCUT2D eigenvalue weighted by Crippen LogP contribution is -2.42. The molecule has 0 aliphatic carbocycles. The summed E-state index contributed by atoms with van der Waals surface area (Å²) in [6.07, 6.45) is 1.83. The summed E-state index contributed by atoms with van der Waals surface area (Å²) in [6.45, 7) is 11.6. The fourth-order valence-electron chi connectivity index (χ4n) is 2.87. The van der Waals surface area contributed by atoms with Crippen LogP contribution in [0.15, 0.2) is 0 Å². The van der Waals surface area contributed by atoms with Crippen LogP contribution in [0.5, 0.6) is 0 Å². The number of esters is 1. The first-order valence-corrected chi connectivity index (χ1v) is 7.81. The third kappa shape index (κ3) is 3.27. The van der Waals surface area contributed by atoms with Crippen molar-refractivity contribution in [2.75, 3.05) is 19.8 Å². The first-order chi connectivity index (χ1) is 9.72. The Balaban J connectivity index is 2.19. The van der Waals surface area contributed by atoms with Gasteiger partial charge in [-0.1, -0.05) is 0 Å². The van der Waals surface area contributed by atoms with Gasteiger partial charge >= 0.3 is 13.1 Å². The molecule has 2 heterocycles. The summed E-state index contributed by atoms with van der Waals surface area (Å²) < 4.78 is 23.0. The normalized spacial score (nSPS) is 26.6. The van der Waals surface area contributed by atoms with E-state index in [4.69, 9.17) is 18.8 Å². The third-order valence-corrected chi connectivity index (χ3v) is 5.04. The Morgan fingerprint density at radius 2 is 1.62 bits per heavy atom. The number of rotatable bonds is 4. The van der Waals surface area contributed by atoms with Crippen LogP contribution < -0.4 is 0 Å². The summed E-state index contributed by atoms with van der Waals surface area (Å²) >= 11 is 0. The quantitative estimate of drug-likeness (QED) is 0.590. The maximum absolute atomic E-state index is 12.0. The van der Waals surface area contributed by atoms with E-state index in [9.17, 15) is 4.79 Å². The Hall–Kier alpha value is -0.585. The summed E-state index contributed by atoms with van der Waals surface area (Å²) in [5.41, 5.74) is -0.782. The van der Waals surface area contributed by atoms with Gasteiger partial charge in [0.1, 0.15) is 0 Å². The molecule has 0 amide bonds. The molecule has 120 valence electrons. The van der Waals surface area contributed by atoms with Crippen LogP contribution in [0.1, 0.15) is 53.9 Å². The van der Waals surface area contributed by atoms with E-state index in [-0.39, 0.29) is 11.3 Å². The monoisotopic (exact) mass is 298 g/mol. The van der Waals surface area contributed by atoms with E-state index in [1.54, 1.807) is 0 Å². The number of carbonyl (C=O) groups excluding carboxylic acids is 1. The van der Waals surface area contributed by atoms with Gasteiger partial charge in [0.2, 0.25) is 0 Å². The van der Waals surface area contributed by atoms with Crippen molar-refractivity contribution < 1.29 is 23.6 Å². The number of hydrogen-bond donors (Lipinski definition) is 0. The molecule has 21 heavy (non-hydrogen) atoms. The molecule has 0 aromatic rings. The largest absolute Gasteiger partial charge is 0.466 e. The molecule has 0 saturated carbocycles. The highest BCUT2D eigenvalue weighted by Crippen LogP contribution is 2.52. The Kier molecular flexibility index (Phi) is 4.71. The highest BCUT2D eigenvalue weighted by Gasteiger charge is 2.60. The van der Waals surface area contributed by atoms with Gasteiger partial charge in [-0.3, -0.25) is 4.79 Å². The Labute approximate surface area is 127 Å². The molecule has 0 bridgehead atoms. The van der Waals surface area contributed by atoms with Gasteiger partial charge in [0.05, 0.1) is 17.8 Å². The molecule has 2 fully saturated rings. The highest BCUT2D eigenvalue weighted by molar-refractivity contribution is 6.50. The average molecular weight is 298 g/mol. The second-order valence-electron chi connectivity index (χ2n) is 7.04. The van der Waals surface area contributed by atoms with E-state index in [1.807, 2.05) is 34.6 Å². The number of ether oxygens (including phenoxy) is 2. The molecule has 0 atom stereocenters. The van der Waals surface area contributed by atoms with Gasteiger partial charge < -0.3 is 18.8 Å². The molecular formula is C15H27BO5. The molecule has 0 spiro atoms. The SMILES string of the molecule is CCOC(=O)CC1(B2OC(C)(C)C(C)(C)O2)CCOCC1. The standard InChI is InChI=1S/C15H27BO5/c1-6-19-12(17)11-15(7-9-18-10-8-15)16-20-13(2,3)14(4,5)21-16/h6-11H2,1-5H3. The van der Waals surface area contributed by atoms with Crippen molar-refractivity contribution in [2.24, 2.45) is 0 Å². The summed E-state index contributed by atoms with van der Waals surface area (Å²) in [5, 5.41) is -0.352. The minimum Gasteiger partial charge on any atom is -0.466 e. The first kappa shape index (κ1) is 16.8. The molecule has 2 aliphatic rings. The van der Waals surface area contributed by atoms with E-state index in [0.29, 0.717) is 26.2 Å². The smallest absolute Gasteiger partial charge is 0.465 e. The minimum absolute atomic E-state index is 0.186. The third-order valence-electron chi connectivity index (χ3n) is 5.04. The average Bonchev–Trinajstić information content (AvgIpc) is 2.60. The number of hydrogen-bond acceptors (Lipinski definition) is 5. The van der Waals surface area contributed by atoms with Crippen molar-refractivity contribution in [1.29, 1.82) is 0 Å². The first-order valence-electron chi connectivity index (χ1n) is 7.81. The fraction of sp³-hybridized carbons (Fsp3) is 0.933. The minimum atomic E-state index is -0.393. The Bertz CT molecular complexity index is 372. The summed E-state index contributed by atoms with van der Waals surface area (Å²) in [7, 11) is -0.393. The van der Waals surface area contributed by atoms with Crippen LogP contribution in [0.25, 0.3) is 0 Å². The molecule has 2 saturated heterocycles. The van der Waals surface area contributed by atoms with Gasteiger partial charge in [-0.05, 0) is 47.5 Å². The van der Waals surface area contributed by atoms with Crippen molar-refractivity contribution in [1.82, 2.24) is 0 Å². The van der Waals surface area contributed by atoms with Crippen molar-refractivity contribution >= 4 is 13.1 Å². The van der Waals surface area contributed by atoms with Gasteiger partial charge in [-0.25, -0.2) is 0 Å². The van der Waals surface area contributed by atoms with Crippen molar-refractivity contribution in [2.45, 2.75) is 70.4 Å². The molecule has 2 aliphatic heterocycles. The van der Waals surface area contributed by atoms with E-state index in [1.165, 1.54) is 0 Å². The highest BCUT2D eigenvalue weighted by atomic mass is 16.7.